The van der Waals surface area contributed by atoms with Gasteiger partial charge in [0.2, 0.25) is 0 Å². The van der Waals surface area contributed by atoms with Crippen LogP contribution < -0.4 is 11.1 Å². The van der Waals surface area contributed by atoms with E-state index in [0.29, 0.717) is 33.6 Å². The van der Waals surface area contributed by atoms with Gasteiger partial charge in [0, 0.05) is 4.90 Å². The van der Waals surface area contributed by atoms with E-state index in [1.807, 2.05) is 0 Å². The van der Waals surface area contributed by atoms with Crippen LogP contribution in [0.4, 0.5) is 30.2 Å². The summed E-state index contributed by atoms with van der Waals surface area (Å²) in [5.41, 5.74) is 7.39. The minimum absolute atomic E-state index is 0.227. The van der Waals surface area contributed by atoms with E-state index < -0.39 is 11.6 Å². The fourth-order valence-electron chi connectivity index (χ4n) is 1.72. The van der Waals surface area contributed by atoms with Crippen molar-refractivity contribution in [3.63, 3.8) is 0 Å². The minimum atomic E-state index is -2.51. The quantitative estimate of drug-likeness (QED) is 0.630. The van der Waals surface area contributed by atoms with Gasteiger partial charge in [0.05, 0.1) is 17.1 Å². The summed E-state index contributed by atoms with van der Waals surface area (Å²) in [5, 5.41) is 2.97. The summed E-state index contributed by atoms with van der Waals surface area (Å²) in [7, 11) is 0. The molecule has 3 N–H and O–H groups in total. The summed E-state index contributed by atoms with van der Waals surface area (Å²) in [6, 6.07) is 9.42. The maximum absolute atomic E-state index is 13.3. The Bertz CT molecular complexity index is 617. The first-order valence-electron chi connectivity index (χ1n) is 5.84. The van der Waals surface area contributed by atoms with Crippen molar-refractivity contribution in [2.75, 3.05) is 11.1 Å². The Morgan fingerprint density at radius 1 is 1.15 bits per heavy atom. The molecule has 106 valence electrons. The fourth-order valence-corrected chi connectivity index (χ4v) is 2.31. The van der Waals surface area contributed by atoms with Crippen LogP contribution in [0.15, 0.2) is 41.3 Å². The molecule has 2 rings (SSSR count). The number of nitrogen functional groups attached to an aromatic ring is 1. The number of benzene rings is 2. The maximum Gasteiger partial charge on any atom is 0.288 e. The molecule has 0 aromatic heterocycles. The molecule has 0 aliphatic rings. The maximum atomic E-state index is 13.3. The second-order valence-electron chi connectivity index (χ2n) is 4.19. The highest BCUT2D eigenvalue weighted by Gasteiger charge is 2.11. The smallest absolute Gasteiger partial charge is 0.288 e. The van der Waals surface area contributed by atoms with E-state index >= 15 is 0 Å². The minimum Gasteiger partial charge on any atom is -0.397 e. The zero-order valence-electron chi connectivity index (χ0n) is 10.7. The van der Waals surface area contributed by atoms with Crippen molar-refractivity contribution < 1.29 is 13.2 Å². The molecule has 0 radical (unpaired) electrons. The van der Waals surface area contributed by atoms with Crippen LogP contribution in [0.2, 0.25) is 0 Å². The number of para-hydroxylation sites is 1. The number of hydrogen-bond donors (Lipinski definition) is 2. The van der Waals surface area contributed by atoms with Gasteiger partial charge >= 0.3 is 0 Å². The Morgan fingerprint density at radius 3 is 2.55 bits per heavy atom. The highest BCUT2D eigenvalue weighted by atomic mass is 32.2. The van der Waals surface area contributed by atoms with Gasteiger partial charge in [-0.15, -0.1) is 0 Å². The van der Waals surface area contributed by atoms with E-state index in [1.54, 1.807) is 37.3 Å². The average Bonchev–Trinajstić information content (AvgIpc) is 2.37. The van der Waals surface area contributed by atoms with Crippen LogP contribution in [0.1, 0.15) is 5.56 Å². The van der Waals surface area contributed by atoms with E-state index in [9.17, 15) is 13.2 Å². The molecule has 2 aromatic rings. The van der Waals surface area contributed by atoms with Gasteiger partial charge in [0.1, 0.15) is 5.82 Å². The molecule has 0 saturated carbocycles. The molecule has 0 atom stereocenters. The molecule has 0 unspecified atom stereocenters. The van der Waals surface area contributed by atoms with Gasteiger partial charge < -0.3 is 11.1 Å². The Kier molecular flexibility index (Phi) is 4.44. The van der Waals surface area contributed by atoms with E-state index in [2.05, 4.69) is 5.32 Å². The van der Waals surface area contributed by atoms with Gasteiger partial charge in [0.15, 0.2) is 0 Å². The third kappa shape index (κ3) is 3.39. The number of alkyl halides is 2. The Balaban J connectivity index is 2.33. The first kappa shape index (κ1) is 14.6. The monoisotopic (exact) mass is 298 g/mol. The second kappa shape index (κ2) is 6.09. The topological polar surface area (TPSA) is 38.0 Å². The summed E-state index contributed by atoms with van der Waals surface area (Å²) in [6.45, 7) is 1.61. The van der Waals surface area contributed by atoms with E-state index in [0.717, 1.165) is 0 Å². The summed E-state index contributed by atoms with van der Waals surface area (Å²) in [6.07, 6.45) is 0. The predicted octanol–water partition coefficient (Wildman–Crippen LogP) is 4.77. The van der Waals surface area contributed by atoms with Crippen LogP contribution in [0.5, 0.6) is 0 Å². The van der Waals surface area contributed by atoms with Gasteiger partial charge in [-0.1, -0.05) is 23.9 Å². The molecule has 0 spiro atoms. The number of aryl methyl sites for hydroxylation is 1. The Labute approximate surface area is 119 Å². The largest absolute Gasteiger partial charge is 0.397 e. The number of halogens is 3. The van der Waals surface area contributed by atoms with Crippen molar-refractivity contribution in [2.45, 2.75) is 17.6 Å². The molecule has 0 amide bonds. The first-order valence-corrected chi connectivity index (χ1v) is 6.72. The van der Waals surface area contributed by atoms with Crippen molar-refractivity contribution in [3.8, 4) is 0 Å². The lowest BCUT2D eigenvalue weighted by atomic mass is 10.1. The van der Waals surface area contributed by atoms with Crippen molar-refractivity contribution in [3.05, 3.63) is 47.8 Å². The lowest BCUT2D eigenvalue weighted by molar-refractivity contribution is 0.252. The van der Waals surface area contributed by atoms with Crippen LogP contribution in [0, 0.1) is 12.7 Å². The number of nitrogens with two attached hydrogens (primary N) is 1. The number of thioether (sulfide) groups is 1. The number of rotatable bonds is 4. The zero-order valence-corrected chi connectivity index (χ0v) is 11.5. The SMILES string of the molecule is Cc1cc(Nc2ccccc2SC(F)F)c(N)cc1F. The molecule has 2 aromatic carbocycles. The van der Waals surface area contributed by atoms with Crippen LogP contribution in [0.3, 0.4) is 0 Å². The summed E-state index contributed by atoms with van der Waals surface area (Å²) >= 11 is 0.447. The molecule has 0 saturated heterocycles. The lowest BCUT2D eigenvalue weighted by Gasteiger charge is -2.14. The summed E-state index contributed by atoms with van der Waals surface area (Å²) in [5.74, 6) is -2.91. The van der Waals surface area contributed by atoms with Gasteiger partial charge in [-0.25, -0.2) is 4.39 Å². The van der Waals surface area contributed by atoms with Crippen molar-refractivity contribution >= 4 is 28.8 Å². The van der Waals surface area contributed by atoms with Crippen molar-refractivity contribution in [2.24, 2.45) is 0 Å². The number of anilines is 3. The molecular weight excluding hydrogens is 285 g/mol. The van der Waals surface area contributed by atoms with Crippen molar-refractivity contribution in [1.82, 2.24) is 0 Å². The van der Waals surface area contributed by atoms with Crippen LogP contribution >= 0.6 is 11.8 Å². The van der Waals surface area contributed by atoms with Gasteiger partial charge in [-0.3, -0.25) is 0 Å². The third-order valence-corrected chi connectivity index (χ3v) is 3.49. The molecule has 0 bridgehead atoms. The van der Waals surface area contributed by atoms with Crippen molar-refractivity contribution in [1.29, 1.82) is 0 Å². The summed E-state index contributed by atoms with van der Waals surface area (Å²) in [4.78, 5) is 0.406. The zero-order chi connectivity index (χ0) is 14.7. The fraction of sp³-hybridized carbons (Fsp3) is 0.143. The molecular formula is C14H13F3N2S. The van der Waals surface area contributed by atoms with Gasteiger partial charge in [-0.2, -0.15) is 8.78 Å². The second-order valence-corrected chi connectivity index (χ2v) is 5.22. The number of hydrogen-bond acceptors (Lipinski definition) is 3. The normalized spacial score (nSPS) is 10.8. The molecule has 0 aliphatic carbocycles. The molecule has 0 heterocycles. The number of nitrogens with one attached hydrogen (secondary N) is 1. The molecule has 20 heavy (non-hydrogen) atoms. The summed E-state index contributed by atoms with van der Waals surface area (Å²) < 4.78 is 38.3. The average molecular weight is 298 g/mol. The molecule has 0 aliphatic heterocycles. The Hall–Kier alpha value is -1.82. The third-order valence-electron chi connectivity index (χ3n) is 2.70. The van der Waals surface area contributed by atoms with E-state index in [-0.39, 0.29) is 5.69 Å². The van der Waals surface area contributed by atoms with Crippen LogP contribution in [-0.2, 0) is 0 Å². The Morgan fingerprint density at radius 2 is 1.85 bits per heavy atom. The standard InChI is InChI=1S/C14H13F3N2S/c1-8-6-12(10(18)7-9(8)15)19-11-4-2-3-5-13(11)20-14(16)17/h2-7,14,19H,18H2,1H3. The van der Waals surface area contributed by atoms with Gasteiger partial charge in [0.25, 0.3) is 5.76 Å². The first-order chi connectivity index (χ1) is 9.47. The van der Waals surface area contributed by atoms with Crippen LogP contribution in [-0.4, -0.2) is 5.76 Å². The van der Waals surface area contributed by atoms with E-state index in [4.69, 9.17) is 5.73 Å². The molecule has 0 fully saturated rings. The molecule has 2 nitrogen and oxygen atoms in total. The molecule has 6 heteroatoms. The highest BCUT2D eigenvalue weighted by molar-refractivity contribution is 7.99. The van der Waals surface area contributed by atoms with E-state index in [1.165, 1.54) is 6.07 Å². The highest BCUT2D eigenvalue weighted by Crippen LogP contribution is 2.35. The predicted molar refractivity (Wildman–Crippen MR) is 77.1 cm³/mol. The van der Waals surface area contributed by atoms with Crippen LogP contribution in [0.25, 0.3) is 0 Å². The van der Waals surface area contributed by atoms with Gasteiger partial charge in [-0.05, 0) is 36.8 Å². The lowest BCUT2D eigenvalue weighted by Crippen LogP contribution is -2.00.